The minimum atomic E-state index is -0.0898. The van der Waals surface area contributed by atoms with Crippen molar-refractivity contribution in [2.45, 2.75) is 26.4 Å². The fraction of sp³-hybridized carbons (Fsp3) is 0.368. The Kier molecular flexibility index (Phi) is 5.64. The first-order valence-corrected chi connectivity index (χ1v) is 8.87. The van der Waals surface area contributed by atoms with Crippen molar-refractivity contribution in [1.29, 1.82) is 0 Å². The molecule has 0 aliphatic carbocycles. The molecule has 0 fully saturated rings. The molecule has 3 rings (SSSR count). The van der Waals surface area contributed by atoms with Gasteiger partial charge in [0.25, 0.3) is 11.3 Å². The van der Waals surface area contributed by atoms with Crippen molar-refractivity contribution in [2.24, 2.45) is 0 Å². The molecule has 0 radical (unpaired) electrons. The van der Waals surface area contributed by atoms with Crippen molar-refractivity contribution in [3.8, 4) is 0 Å². The van der Waals surface area contributed by atoms with E-state index in [0.29, 0.717) is 42.4 Å². The number of nitrogens with zero attached hydrogens (tertiary/aromatic N) is 3. The molecular formula is C19H22ClN3O3. The molecule has 0 N–H and O–H groups in total. The lowest BCUT2D eigenvalue weighted by atomic mass is 10.1. The van der Waals surface area contributed by atoms with E-state index in [4.69, 9.17) is 20.8 Å². The number of fused-ring (bicyclic) bond motifs is 1. The van der Waals surface area contributed by atoms with Crippen LogP contribution >= 0.6 is 11.6 Å². The van der Waals surface area contributed by atoms with E-state index in [0.717, 1.165) is 5.69 Å². The average molecular weight is 376 g/mol. The van der Waals surface area contributed by atoms with Crippen molar-refractivity contribution in [2.75, 3.05) is 20.3 Å². The summed E-state index contributed by atoms with van der Waals surface area (Å²) in [6, 6.07) is 9.52. The molecule has 26 heavy (non-hydrogen) atoms. The van der Waals surface area contributed by atoms with Gasteiger partial charge in [-0.25, -0.2) is 0 Å². The summed E-state index contributed by atoms with van der Waals surface area (Å²) in [6.07, 6.45) is 2.03. The van der Waals surface area contributed by atoms with Crippen molar-refractivity contribution in [1.82, 2.24) is 14.5 Å². The summed E-state index contributed by atoms with van der Waals surface area (Å²) in [5.41, 5.74) is 2.74. The largest absolute Gasteiger partial charge is 0.428 e. The number of carbonyl (C=O) groups excluding carboxylic acids is 1. The third-order valence-electron chi connectivity index (χ3n) is 4.24. The highest BCUT2D eigenvalue weighted by atomic mass is 35.5. The summed E-state index contributed by atoms with van der Waals surface area (Å²) in [6.45, 7) is 5.69. The fourth-order valence-corrected chi connectivity index (χ4v) is 3.10. The number of ether oxygens (including phenoxy) is 1. The van der Waals surface area contributed by atoms with Gasteiger partial charge in [-0.2, -0.15) is 4.98 Å². The summed E-state index contributed by atoms with van der Waals surface area (Å²) in [5.74, 6) is -0.0898. The van der Waals surface area contributed by atoms with Crippen LogP contribution in [0.4, 0.5) is 0 Å². The number of carbonyl (C=O) groups is 1. The van der Waals surface area contributed by atoms with Crippen LogP contribution in [0.2, 0.25) is 5.35 Å². The predicted octanol–water partition coefficient (Wildman–Crippen LogP) is 4.15. The molecule has 1 amide bonds. The normalized spacial score (nSPS) is 11.4. The number of amides is 1. The van der Waals surface area contributed by atoms with Crippen LogP contribution in [0.15, 0.2) is 40.9 Å². The molecule has 0 saturated heterocycles. The first-order valence-electron chi connectivity index (χ1n) is 8.49. The first-order chi connectivity index (χ1) is 12.5. The molecule has 138 valence electrons. The van der Waals surface area contributed by atoms with E-state index in [2.05, 4.69) is 23.4 Å². The van der Waals surface area contributed by atoms with Gasteiger partial charge in [-0.15, -0.1) is 0 Å². The highest BCUT2D eigenvalue weighted by Crippen LogP contribution is 2.22. The lowest BCUT2D eigenvalue weighted by molar-refractivity contribution is 0.0675. The van der Waals surface area contributed by atoms with Crippen molar-refractivity contribution in [3.05, 3.63) is 53.1 Å². The third-order valence-corrected chi connectivity index (χ3v) is 4.40. The molecule has 3 aromatic rings. The van der Waals surface area contributed by atoms with Crippen molar-refractivity contribution in [3.63, 3.8) is 0 Å². The number of methoxy groups -OCH3 is 1. The van der Waals surface area contributed by atoms with Crippen LogP contribution in [0.1, 0.15) is 35.9 Å². The van der Waals surface area contributed by atoms with Gasteiger partial charge in [-0.1, -0.05) is 0 Å². The number of halogens is 1. The molecular weight excluding hydrogens is 354 g/mol. The third kappa shape index (κ3) is 3.92. The Morgan fingerprint density at radius 3 is 2.92 bits per heavy atom. The van der Waals surface area contributed by atoms with Gasteiger partial charge in [0.2, 0.25) is 0 Å². The molecule has 2 heterocycles. The number of hydrogen-bond acceptors (Lipinski definition) is 4. The van der Waals surface area contributed by atoms with Gasteiger partial charge in [0.1, 0.15) is 5.52 Å². The molecule has 1 aromatic carbocycles. The van der Waals surface area contributed by atoms with Crippen LogP contribution in [-0.4, -0.2) is 40.6 Å². The SMILES string of the molecule is COCCN(Cc1cccn1C(C)C)C(=O)c1ccc2nc(Cl)oc2c1. The number of aromatic nitrogens is 2. The molecule has 0 atom stereocenters. The Morgan fingerprint density at radius 2 is 2.19 bits per heavy atom. The number of benzene rings is 1. The second-order valence-corrected chi connectivity index (χ2v) is 6.69. The molecule has 0 aliphatic rings. The molecule has 0 saturated carbocycles. The molecule has 0 unspecified atom stereocenters. The van der Waals surface area contributed by atoms with Gasteiger partial charge >= 0.3 is 0 Å². The predicted molar refractivity (Wildman–Crippen MR) is 100 cm³/mol. The zero-order chi connectivity index (χ0) is 18.7. The van der Waals surface area contributed by atoms with Crippen molar-refractivity contribution < 1.29 is 13.9 Å². The van der Waals surface area contributed by atoms with Gasteiger partial charge in [0.05, 0.1) is 13.2 Å². The van der Waals surface area contributed by atoms with Crippen molar-refractivity contribution >= 4 is 28.6 Å². The Bertz CT molecular complexity index is 900. The second-order valence-electron chi connectivity index (χ2n) is 6.37. The fourth-order valence-electron chi connectivity index (χ4n) is 2.93. The Labute approximate surface area is 157 Å². The zero-order valence-electron chi connectivity index (χ0n) is 15.1. The molecule has 6 nitrogen and oxygen atoms in total. The zero-order valence-corrected chi connectivity index (χ0v) is 15.9. The topological polar surface area (TPSA) is 60.5 Å². The van der Waals surface area contributed by atoms with Crippen LogP contribution in [0.25, 0.3) is 11.1 Å². The maximum Gasteiger partial charge on any atom is 0.293 e. The van der Waals surface area contributed by atoms with Gasteiger partial charge in [0.15, 0.2) is 5.58 Å². The highest BCUT2D eigenvalue weighted by molar-refractivity contribution is 6.28. The van der Waals surface area contributed by atoms with E-state index in [-0.39, 0.29) is 11.3 Å². The van der Waals surface area contributed by atoms with E-state index in [1.54, 1.807) is 30.2 Å². The van der Waals surface area contributed by atoms with Crippen LogP contribution in [0, 0.1) is 0 Å². The minimum Gasteiger partial charge on any atom is -0.428 e. The van der Waals surface area contributed by atoms with E-state index in [1.807, 2.05) is 18.3 Å². The lowest BCUT2D eigenvalue weighted by Gasteiger charge is -2.24. The van der Waals surface area contributed by atoms with Gasteiger partial charge < -0.3 is 18.6 Å². The lowest BCUT2D eigenvalue weighted by Crippen LogP contribution is -2.34. The standard InChI is InChI=1S/C19H22ClN3O3/c1-13(2)23-8-4-5-15(23)12-22(9-10-25-3)18(24)14-6-7-16-17(11-14)26-19(20)21-16/h4-8,11,13H,9-10,12H2,1-3H3. The van der Waals surface area contributed by atoms with E-state index in [1.165, 1.54) is 0 Å². The van der Waals surface area contributed by atoms with E-state index < -0.39 is 0 Å². The summed E-state index contributed by atoms with van der Waals surface area (Å²) < 4.78 is 12.7. The molecule has 0 aliphatic heterocycles. The summed E-state index contributed by atoms with van der Waals surface area (Å²) in [5, 5.41) is 0.0654. The van der Waals surface area contributed by atoms with Crippen LogP contribution in [0.5, 0.6) is 0 Å². The molecule has 0 spiro atoms. The molecule has 2 aromatic heterocycles. The van der Waals surface area contributed by atoms with E-state index >= 15 is 0 Å². The monoisotopic (exact) mass is 375 g/mol. The van der Waals surface area contributed by atoms with Crippen LogP contribution < -0.4 is 0 Å². The summed E-state index contributed by atoms with van der Waals surface area (Å²) in [7, 11) is 1.63. The Balaban J connectivity index is 1.87. The molecule has 0 bridgehead atoms. The van der Waals surface area contributed by atoms with Gasteiger partial charge in [0, 0.05) is 37.2 Å². The van der Waals surface area contributed by atoms with Gasteiger partial charge in [-0.05, 0) is 55.8 Å². The minimum absolute atomic E-state index is 0.0654. The number of hydrogen-bond donors (Lipinski definition) is 0. The first kappa shape index (κ1) is 18.5. The smallest absolute Gasteiger partial charge is 0.293 e. The number of oxazole rings is 1. The number of rotatable bonds is 7. The Hall–Kier alpha value is -2.31. The van der Waals surface area contributed by atoms with Gasteiger partial charge in [-0.3, -0.25) is 4.79 Å². The van der Waals surface area contributed by atoms with Crippen LogP contribution in [0.3, 0.4) is 0 Å². The average Bonchev–Trinajstić information content (AvgIpc) is 3.22. The summed E-state index contributed by atoms with van der Waals surface area (Å²) >= 11 is 5.80. The summed E-state index contributed by atoms with van der Waals surface area (Å²) in [4.78, 5) is 18.9. The Morgan fingerprint density at radius 1 is 1.38 bits per heavy atom. The molecule has 7 heteroatoms. The maximum atomic E-state index is 13.1. The quantitative estimate of drug-likeness (QED) is 0.622. The second kappa shape index (κ2) is 7.93. The maximum absolute atomic E-state index is 13.1. The van der Waals surface area contributed by atoms with Crippen LogP contribution in [-0.2, 0) is 11.3 Å². The highest BCUT2D eigenvalue weighted by Gasteiger charge is 2.19. The van der Waals surface area contributed by atoms with E-state index in [9.17, 15) is 4.79 Å².